The van der Waals surface area contributed by atoms with Crippen LogP contribution in [0.25, 0.3) is 0 Å². The molecule has 1 aliphatic heterocycles. The van der Waals surface area contributed by atoms with Crippen LogP contribution in [0.4, 0.5) is 5.69 Å². The Balaban J connectivity index is 2.19. The van der Waals surface area contributed by atoms with Gasteiger partial charge >= 0.3 is 0 Å². The lowest BCUT2D eigenvalue weighted by Crippen LogP contribution is -2.33. The van der Waals surface area contributed by atoms with E-state index in [0.717, 1.165) is 13.1 Å². The second-order valence-electron chi connectivity index (χ2n) is 5.30. The smallest absolute Gasteiger partial charge is 0.0414 e. The molecular weight excluding hydrogens is 220 g/mol. The van der Waals surface area contributed by atoms with Crippen LogP contribution in [0.15, 0.2) is 24.3 Å². The van der Waals surface area contributed by atoms with Gasteiger partial charge < -0.3 is 10.2 Å². The highest BCUT2D eigenvalue weighted by Gasteiger charge is 2.18. The number of hydrogen-bond donors (Lipinski definition) is 1. The van der Waals surface area contributed by atoms with Crippen molar-refractivity contribution in [2.75, 3.05) is 18.0 Å². The SMILES string of the molecule is CCNCc1ccccc1N1CCCCCC1C. The van der Waals surface area contributed by atoms with Crippen LogP contribution in [-0.2, 0) is 6.54 Å². The van der Waals surface area contributed by atoms with Crippen molar-refractivity contribution >= 4 is 5.69 Å². The number of nitrogens with zero attached hydrogens (tertiary/aromatic N) is 1. The highest BCUT2D eigenvalue weighted by atomic mass is 15.2. The van der Waals surface area contributed by atoms with E-state index in [4.69, 9.17) is 0 Å². The molecule has 1 atom stereocenters. The van der Waals surface area contributed by atoms with Gasteiger partial charge in [-0.1, -0.05) is 38.0 Å². The van der Waals surface area contributed by atoms with Crippen LogP contribution in [0.3, 0.4) is 0 Å². The molecule has 2 nitrogen and oxygen atoms in total. The van der Waals surface area contributed by atoms with Gasteiger partial charge in [0.2, 0.25) is 0 Å². The van der Waals surface area contributed by atoms with Crippen molar-refractivity contribution in [3.8, 4) is 0 Å². The Hall–Kier alpha value is -1.02. The molecule has 0 spiro atoms. The molecule has 0 saturated carbocycles. The van der Waals surface area contributed by atoms with E-state index in [9.17, 15) is 0 Å². The number of hydrogen-bond acceptors (Lipinski definition) is 2. The van der Waals surface area contributed by atoms with Gasteiger partial charge in [0.25, 0.3) is 0 Å². The lowest BCUT2D eigenvalue weighted by atomic mass is 10.1. The molecule has 0 radical (unpaired) electrons. The Labute approximate surface area is 111 Å². The maximum absolute atomic E-state index is 3.45. The first-order valence-corrected chi connectivity index (χ1v) is 7.38. The first kappa shape index (κ1) is 13.4. The molecule has 1 N–H and O–H groups in total. The van der Waals surface area contributed by atoms with E-state index < -0.39 is 0 Å². The molecule has 1 aromatic carbocycles. The van der Waals surface area contributed by atoms with Crippen molar-refractivity contribution < 1.29 is 0 Å². The molecule has 1 aromatic rings. The maximum atomic E-state index is 3.45. The lowest BCUT2D eigenvalue weighted by molar-refractivity contribution is 0.612. The van der Waals surface area contributed by atoms with Crippen molar-refractivity contribution in [2.24, 2.45) is 0 Å². The third-order valence-corrected chi connectivity index (χ3v) is 3.92. The summed E-state index contributed by atoms with van der Waals surface area (Å²) in [5.41, 5.74) is 2.88. The average Bonchev–Trinajstić information content (AvgIpc) is 2.61. The summed E-state index contributed by atoms with van der Waals surface area (Å²) in [6.07, 6.45) is 5.43. The van der Waals surface area contributed by atoms with Gasteiger partial charge in [-0.05, 0) is 37.9 Å². The summed E-state index contributed by atoms with van der Waals surface area (Å²) < 4.78 is 0. The Morgan fingerprint density at radius 1 is 1.22 bits per heavy atom. The lowest BCUT2D eigenvalue weighted by Gasteiger charge is -2.31. The van der Waals surface area contributed by atoms with Crippen molar-refractivity contribution in [1.29, 1.82) is 0 Å². The minimum Gasteiger partial charge on any atom is -0.369 e. The largest absolute Gasteiger partial charge is 0.369 e. The Kier molecular flexibility index (Phi) is 5.06. The maximum Gasteiger partial charge on any atom is 0.0414 e. The number of nitrogens with one attached hydrogen (secondary N) is 1. The summed E-state index contributed by atoms with van der Waals surface area (Å²) in [4.78, 5) is 2.61. The summed E-state index contributed by atoms with van der Waals surface area (Å²) in [5, 5.41) is 3.45. The van der Waals surface area contributed by atoms with Gasteiger partial charge in [0, 0.05) is 24.8 Å². The summed E-state index contributed by atoms with van der Waals surface area (Å²) in [6, 6.07) is 9.54. The number of rotatable bonds is 4. The molecule has 0 amide bonds. The van der Waals surface area contributed by atoms with Gasteiger partial charge in [-0.15, -0.1) is 0 Å². The zero-order valence-electron chi connectivity index (χ0n) is 11.8. The van der Waals surface area contributed by atoms with Crippen LogP contribution in [0.1, 0.15) is 45.1 Å². The minimum absolute atomic E-state index is 0.676. The van der Waals surface area contributed by atoms with E-state index in [-0.39, 0.29) is 0 Å². The van der Waals surface area contributed by atoms with Gasteiger partial charge in [0.15, 0.2) is 0 Å². The van der Waals surface area contributed by atoms with Crippen LogP contribution in [0, 0.1) is 0 Å². The highest BCUT2D eigenvalue weighted by Crippen LogP contribution is 2.27. The van der Waals surface area contributed by atoms with Crippen LogP contribution in [-0.4, -0.2) is 19.1 Å². The molecule has 18 heavy (non-hydrogen) atoms. The number of anilines is 1. The first-order valence-electron chi connectivity index (χ1n) is 7.38. The van der Waals surface area contributed by atoms with E-state index in [0.29, 0.717) is 6.04 Å². The van der Waals surface area contributed by atoms with Gasteiger partial charge in [-0.25, -0.2) is 0 Å². The molecule has 1 aliphatic rings. The standard InChI is InChI=1S/C16H26N2/c1-3-17-13-15-10-6-7-11-16(15)18-12-8-4-5-9-14(18)2/h6-7,10-11,14,17H,3-5,8-9,12-13H2,1-2H3. The minimum atomic E-state index is 0.676. The fourth-order valence-corrected chi connectivity index (χ4v) is 2.83. The van der Waals surface area contributed by atoms with E-state index >= 15 is 0 Å². The predicted molar refractivity (Wildman–Crippen MR) is 79.1 cm³/mol. The molecular formula is C16H26N2. The Morgan fingerprint density at radius 3 is 2.89 bits per heavy atom. The number of para-hydroxylation sites is 1. The van der Waals surface area contributed by atoms with Crippen LogP contribution in [0.5, 0.6) is 0 Å². The van der Waals surface area contributed by atoms with E-state index in [1.807, 2.05) is 0 Å². The normalized spacial score (nSPS) is 20.8. The molecule has 1 heterocycles. The van der Waals surface area contributed by atoms with Crippen LogP contribution < -0.4 is 10.2 Å². The summed E-state index contributed by atoms with van der Waals surface area (Å²) >= 11 is 0. The molecule has 0 aliphatic carbocycles. The molecule has 0 bridgehead atoms. The predicted octanol–water partition coefficient (Wildman–Crippen LogP) is 3.57. The molecule has 2 rings (SSSR count). The molecule has 1 unspecified atom stereocenters. The average molecular weight is 246 g/mol. The Bertz CT molecular complexity index is 362. The fraction of sp³-hybridized carbons (Fsp3) is 0.625. The van der Waals surface area contributed by atoms with Crippen molar-refractivity contribution in [1.82, 2.24) is 5.32 Å². The van der Waals surface area contributed by atoms with Gasteiger partial charge in [0.05, 0.1) is 0 Å². The van der Waals surface area contributed by atoms with Crippen molar-refractivity contribution in [3.05, 3.63) is 29.8 Å². The van der Waals surface area contributed by atoms with Crippen LogP contribution >= 0.6 is 0 Å². The first-order chi connectivity index (χ1) is 8.83. The van der Waals surface area contributed by atoms with Gasteiger partial charge in [-0.3, -0.25) is 0 Å². The van der Waals surface area contributed by atoms with Crippen LogP contribution in [0.2, 0.25) is 0 Å². The third kappa shape index (κ3) is 3.26. The van der Waals surface area contributed by atoms with E-state index in [1.165, 1.54) is 43.5 Å². The third-order valence-electron chi connectivity index (χ3n) is 3.92. The van der Waals surface area contributed by atoms with Crippen molar-refractivity contribution in [2.45, 2.75) is 52.1 Å². The molecule has 0 aromatic heterocycles. The summed E-state index contributed by atoms with van der Waals surface area (Å²) in [7, 11) is 0. The summed E-state index contributed by atoms with van der Waals surface area (Å²) in [5.74, 6) is 0. The quantitative estimate of drug-likeness (QED) is 0.874. The van der Waals surface area contributed by atoms with Crippen molar-refractivity contribution in [3.63, 3.8) is 0 Å². The second-order valence-corrected chi connectivity index (χ2v) is 5.30. The molecule has 2 heteroatoms. The van der Waals surface area contributed by atoms with Gasteiger partial charge in [-0.2, -0.15) is 0 Å². The monoisotopic (exact) mass is 246 g/mol. The molecule has 1 saturated heterocycles. The zero-order chi connectivity index (χ0) is 12.8. The summed E-state index contributed by atoms with van der Waals surface area (Å²) in [6.45, 7) is 7.76. The second kappa shape index (κ2) is 6.79. The van der Waals surface area contributed by atoms with Gasteiger partial charge in [0.1, 0.15) is 0 Å². The Morgan fingerprint density at radius 2 is 2.06 bits per heavy atom. The molecule has 1 fully saturated rings. The zero-order valence-corrected chi connectivity index (χ0v) is 11.8. The number of benzene rings is 1. The fourth-order valence-electron chi connectivity index (χ4n) is 2.83. The van der Waals surface area contributed by atoms with E-state index in [1.54, 1.807) is 0 Å². The molecule has 100 valence electrons. The highest BCUT2D eigenvalue weighted by molar-refractivity contribution is 5.54. The van der Waals surface area contributed by atoms with E-state index in [2.05, 4.69) is 48.3 Å². The topological polar surface area (TPSA) is 15.3 Å².